The van der Waals surface area contributed by atoms with Crippen LogP contribution in [-0.4, -0.2) is 18.8 Å². The van der Waals surface area contributed by atoms with Gasteiger partial charge in [0.25, 0.3) is 0 Å². The smallest absolute Gasteiger partial charge is 0.234 e. The number of carbonyl (C=O) groups excluding carboxylic acids is 1. The number of nitrogens with one attached hydrogen (secondary N) is 1. The van der Waals surface area contributed by atoms with Gasteiger partial charge in [0.15, 0.2) is 0 Å². The summed E-state index contributed by atoms with van der Waals surface area (Å²) in [6.45, 7) is 1.88. The molecule has 2 aromatic rings. The molecule has 0 radical (unpaired) electrons. The van der Waals surface area contributed by atoms with Crippen LogP contribution in [-0.2, 0) is 10.5 Å². The molecule has 2 rings (SSSR count). The van der Waals surface area contributed by atoms with Crippen molar-refractivity contribution in [2.24, 2.45) is 0 Å². The van der Waals surface area contributed by atoms with E-state index in [4.69, 9.17) is 27.9 Å². The highest BCUT2D eigenvalue weighted by molar-refractivity contribution is 7.99. The summed E-state index contributed by atoms with van der Waals surface area (Å²) in [4.78, 5) is 13.2. The van der Waals surface area contributed by atoms with Crippen LogP contribution in [0.5, 0.6) is 5.75 Å². The monoisotopic (exact) mass is 375 g/mol. The Hall–Kier alpha value is -0.880. The van der Waals surface area contributed by atoms with Crippen LogP contribution in [0.2, 0.25) is 9.36 Å². The topological polar surface area (TPSA) is 38.3 Å². The summed E-state index contributed by atoms with van der Waals surface area (Å²) in [6, 6.07) is 7.35. The van der Waals surface area contributed by atoms with Gasteiger partial charge in [-0.2, -0.15) is 0 Å². The lowest BCUT2D eigenvalue weighted by molar-refractivity contribution is -0.113. The first-order valence-electron chi connectivity index (χ1n) is 6.45. The number of carbonyl (C=O) groups is 1. The molecule has 0 aliphatic rings. The fourth-order valence-electron chi connectivity index (χ4n) is 1.79. The molecule has 0 bridgehead atoms. The number of hydrogen-bond acceptors (Lipinski definition) is 4. The normalized spacial score (nSPS) is 10.5. The van der Waals surface area contributed by atoms with E-state index in [-0.39, 0.29) is 5.91 Å². The van der Waals surface area contributed by atoms with E-state index in [1.165, 1.54) is 11.3 Å². The molecule has 0 spiro atoms. The first-order valence-corrected chi connectivity index (χ1v) is 9.18. The van der Waals surface area contributed by atoms with E-state index in [1.54, 1.807) is 24.9 Å². The van der Waals surface area contributed by atoms with Gasteiger partial charge in [0, 0.05) is 21.7 Å². The van der Waals surface area contributed by atoms with Gasteiger partial charge in [0.1, 0.15) is 5.75 Å². The number of thiophene rings is 1. The minimum atomic E-state index is -0.0762. The summed E-state index contributed by atoms with van der Waals surface area (Å²) in [7, 11) is 1.55. The van der Waals surface area contributed by atoms with Crippen LogP contribution in [0.3, 0.4) is 0 Å². The molecule has 1 amide bonds. The quantitative estimate of drug-likeness (QED) is 0.749. The minimum Gasteiger partial charge on any atom is -0.495 e. The molecule has 22 heavy (non-hydrogen) atoms. The highest BCUT2D eigenvalue weighted by Crippen LogP contribution is 2.31. The van der Waals surface area contributed by atoms with E-state index >= 15 is 0 Å². The molecule has 0 fully saturated rings. The van der Waals surface area contributed by atoms with E-state index in [9.17, 15) is 4.79 Å². The first kappa shape index (κ1) is 17.5. The van der Waals surface area contributed by atoms with E-state index in [1.807, 2.05) is 25.1 Å². The average Bonchev–Trinajstić information content (AvgIpc) is 2.88. The maximum atomic E-state index is 12.0. The maximum absolute atomic E-state index is 12.0. The zero-order valence-electron chi connectivity index (χ0n) is 12.1. The van der Waals surface area contributed by atoms with Crippen LogP contribution in [0.25, 0.3) is 0 Å². The Labute approximate surface area is 148 Å². The van der Waals surface area contributed by atoms with Crippen molar-refractivity contribution in [3.8, 4) is 5.75 Å². The highest BCUT2D eigenvalue weighted by Gasteiger charge is 2.10. The van der Waals surface area contributed by atoms with Crippen LogP contribution >= 0.6 is 46.3 Å². The summed E-state index contributed by atoms with van der Waals surface area (Å²) < 4.78 is 6.00. The molecule has 1 N–H and O–H groups in total. The van der Waals surface area contributed by atoms with E-state index < -0.39 is 0 Å². The molecular formula is C15H15Cl2NO2S2. The largest absolute Gasteiger partial charge is 0.495 e. The van der Waals surface area contributed by atoms with Gasteiger partial charge in [-0.1, -0.05) is 23.2 Å². The average molecular weight is 376 g/mol. The number of aryl methyl sites for hydroxylation is 1. The van der Waals surface area contributed by atoms with Gasteiger partial charge in [-0.15, -0.1) is 23.1 Å². The van der Waals surface area contributed by atoms with Crippen molar-refractivity contribution >= 4 is 57.9 Å². The summed E-state index contributed by atoms with van der Waals surface area (Å²) in [5.41, 5.74) is 1.52. The third kappa shape index (κ3) is 4.81. The number of benzene rings is 1. The molecule has 0 unspecified atom stereocenters. The second kappa shape index (κ2) is 8.11. The Kier molecular flexibility index (Phi) is 6.44. The van der Waals surface area contributed by atoms with Crippen molar-refractivity contribution in [2.45, 2.75) is 12.7 Å². The number of amides is 1. The molecular weight excluding hydrogens is 361 g/mol. The molecule has 0 saturated carbocycles. The summed E-state index contributed by atoms with van der Waals surface area (Å²) in [5.74, 6) is 1.61. The molecule has 1 heterocycles. The Balaban J connectivity index is 1.90. The molecule has 0 saturated heterocycles. The fourth-order valence-corrected chi connectivity index (χ4v) is 3.97. The van der Waals surface area contributed by atoms with Crippen LogP contribution in [0.1, 0.15) is 10.4 Å². The van der Waals surface area contributed by atoms with Gasteiger partial charge in [-0.25, -0.2) is 0 Å². The molecule has 1 aromatic heterocycles. The number of rotatable bonds is 6. The Bertz CT molecular complexity index is 674. The van der Waals surface area contributed by atoms with E-state index in [0.717, 1.165) is 20.5 Å². The zero-order valence-corrected chi connectivity index (χ0v) is 15.3. The lowest BCUT2D eigenvalue weighted by atomic mass is 10.2. The number of hydrogen-bond donors (Lipinski definition) is 1. The summed E-state index contributed by atoms with van der Waals surface area (Å²) in [6.07, 6.45) is 0. The zero-order chi connectivity index (χ0) is 16.1. The van der Waals surface area contributed by atoms with Gasteiger partial charge in [-0.05, 0) is 30.7 Å². The van der Waals surface area contributed by atoms with Crippen LogP contribution in [0.4, 0.5) is 5.69 Å². The molecule has 0 aliphatic carbocycles. The maximum Gasteiger partial charge on any atom is 0.234 e. The molecule has 7 heteroatoms. The second-order valence-corrected chi connectivity index (χ2v) is 7.74. The highest BCUT2D eigenvalue weighted by atomic mass is 35.5. The summed E-state index contributed by atoms with van der Waals surface area (Å²) >= 11 is 15.0. The van der Waals surface area contributed by atoms with Crippen LogP contribution < -0.4 is 10.1 Å². The Morgan fingerprint density at radius 3 is 2.77 bits per heavy atom. The lowest BCUT2D eigenvalue weighted by Crippen LogP contribution is -2.15. The fraction of sp³-hybridized carbons (Fsp3) is 0.267. The SMILES string of the molecule is COc1cc(Cl)c(C)cc1NC(=O)CSCc1ccc(Cl)s1. The summed E-state index contributed by atoms with van der Waals surface area (Å²) in [5, 5.41) is 3.46. The standard InChI is InChI=1S/C15H15Cl2NO2S2/c1-9-5-12(13(20-2)6-11(9)16)18-15(19)8-21-7-10-3-4-14(17)22-10/h3-6H,7-8H2,1-2H3,(H,18,19). The number of ether oxygens (including phenoxy) is 1. The van der Waals surface area contributed by atoms with Gasteiger partial charge in [-0.3, -0.25) is 4.79 Å². The number of thioether (sulfide) groups is 1. The van der Waals surface area contributed by atoms with Crippen molar-refractivity contribution in [3.63, 3.8) is 0 Å². The predicted molar refractivity (Wildman–Crippen MR) is 96.9 cm³/mol. The third-order valence-electron chi connectivity index (χ3n) is 2.86. The predicted octanol–water partition coefficient (Wildman–Crippen LogP) is 5.24. The van der Waals surface area contributed by atoms with Gasteiger partial charge in [0.2, 0.25) is 5.91 Å². The lowest BCUT2D eigenvalue weighted by Gasteiger charge is -2.12. The van der Waals surface area contributed by atoms with E-state index in [0.29, 0.717) is 22.2 Å². The minimum absolute atomic E-state index is 0.0762. The van der Waals surface area contributed by atoms with Crippen molar-refractivity contribution in [2.75, 3.05) is 18.2 Å². The second-order valence-electron chi connectivity index (χ2n) is 4.55. The Morgan fingerprint density at radius 1 is 1.36 bits per heavy atom. The number of anilines is 1. The molecule has 0 atom stereocenters. The first-order chi connectivity index (χ1) is 10.5. The molecule has 118 valence electrons. The number of methoxy groups -OCH3 is 1. The van der Waals surface area contributed by atoms with Gasteiger partial charge in [0.05, 0.1) is 22.9 Å². The molecule has 1 aromatic carbocycles. The van der Waals surface area contributed by atoms with Crippen molar-refractivity contribution in [1.29, 1.82) is 0 Å². The Morgan fingerprint density at radius 2 is 2.14 bits per heavy atom. The molecule has 0 aliphatic heterocycles. The van der Waals surface area contributed by atoms with Crippen LogP contribution in [0.15, 0.2) is 24.3 Å². The van der Waals surface area contributed by atoms with Gasteiger partial charge >= 0.3 is 0 Å². The van der Waals surface area contributed by atoms with Crippen LogP contribution in [0, 0.1) is 6.92 Å². The van der Waals surface area contributed by atoms with Gasteiger partial charge < -0.3 is 10.1 Å². The molecule has 3 nitrogen and oxygen atoms in total. The van der Waals surface area contributed by atoms with Crippen molar-refractivity contribution in [3.05, 3.63) is 44.1 Å². The van der Waals surface area contributed by atoms with Crippen molar-refractivity contribution < 1.29 is 9.53 Å². The van der Waals surface area contributed by atoms with E-state index in [2.05, 4.69) is 5.32 Å². The van der Waals surface area contributed by atoms with Crippen molar-refractivity contribution in [1.82, 2.24) is 0 Å². The third-order valence-corrected chi connectivity index (χ3v) is 5.66. The number of halogens is 2.